The molecule has 1 atom stereocenters. The van der Waals surface area contributed by atoms with Gasteiger partial charge in [0.1, 0.15) is 5.82 Å². The maximum absolute atomic E-state index is 13.1. The van der Waals surface area contributed by atoms with E-state index in [2.05, 4.69) is 17.1 Å². The van der Waals surface area contributed by atoms with Crippen molar-refractivity contribution in [3.05, 3.63) is 34.6 Å². The second-order valence-electron chi connectivity index (χ2n) is 5.84. The van der Waals surface area contributed by atoms with Crippen LogP contribution in [0.15, 0.2) is 18.2 Å². The van der Waals surface area contributed by atoms with E-state index in [1.165, 1.54) is 12.1 Å². The lowest BCUT2D eigenvalue weighted by Crippen LogP contribution is -2.36. The maximum Gasteiger partial charge on any atom is 0.404 e. The predicted molar refractivity (Wildman–Crippen MR) is 84.8 cm³/mol. The Morgan fingerprint density at radius 3 is 2.77 bits per heavy atom. The zero-order valence-electron chi connectivity index (χ0n) is 12.7. The fraction of sp³-hybridized carbons (Fsp3) is 0.562. The van der Waals surface area contributed by atoms with E-state index < -0.39 is 6.09 Å². The lowest BCUT2D eigenvalue weighted by Gasteiger charge is -2.36. The summed E-state index contributed by atoms with van der Waals surface area (Å²) in [6, 6.07) is 4.72. The molecule has 1 aromatic rings. The summed E-state index contributed by atoms with van der Waals surface area (Å²) in [5.41, 5.74) is 0.953. The first-order chi connectivity index (χ1) is 10.5. The van der Waals surface area contributed by atoms with Crippen molar-refractivity contribution in [1.29, 1.82) is 0 Å². The molecule has 6 heteroatoms. The summed E-state index contributed by atoms with van der Waals surface area (Å²) in [5.74, 6) is 0.240. The van der Waals surface area contributed by atoms with E-state index in [-0.39, 0.29) is 11.9 Å². The SMILES string of the molecule is CC(c1ccc(F)cc1Cl)N1CCC(CCNC(=O)O)CC1. The number of halogens is 2. The van der Waals surface area contributed by atoms with Crippen LogP contribution < -0.4 is 5.32 Å². The number of nitrogens with zero attached hydrogens (tertiary/aromatic N) is 1. The molecule has 0 aromatic heterocycles. The van der Waals surface area contributed by atoms with Crippen LogP contribution in [0.2, 0.25) is 5.02 Å². The zero-order valence-corrected chi connectivity index (χ0v) is 13.4. The van der Waals surface area contributed by atoms with E-state index in [1.54, 1.807) is 6.07 Å². The van der Waals surface area contributed by atoms with Crippen LogP contribution in [0, 0.1) is 11.7 Å². The summed E-state index contributed by atoms with van der Waals surface area (Å²) in [4.78, 5) is 12.8. The molecule has 4 nitrogen and oxygen atoms in total. The monoisotopic (exact) mass is 328 g/mol. The largest absolute Gasteiger partial charge is 0.465 e. The Labute approximate surface area is 135 Å². The van der Waals surface area contributed by atoms with Crippen LogP contribution in [0.4, 0.5) is 9.18 Å². The second kappa shape index (κ2) is 7.79. The van der Waals surface area contributed by atoms with E-state index >= 15 is 0 Å². The first-order valence-corrected chi connectivity index (χ1v) is 8.01. The summed E-state index contributed by atoms with van der Waals surface area (Å²) in [7, 11) is 0. The number of nitrogens with one attached hydrogen (secondary N) is 1. The summed E-state index contributed by atoms with van der Waals surface area (Å²) in [6.07, 6.45) is 2.01. The predicted octanol–water partition coefficient (Wildman–Crippen LogP) is 3.91. The molecule has 1 aromatic carbocycles. The van der Waals surface area contributed by atoms with Gasteiger partial charge in [-0.25, -0.2) is 9.18 Å². The number of likely N-dealkylation sites (tertiary alicyclic amines) is 1. The van der Waals surface area contributed by atoms with Crippen LogP contribution in [0.25, 0.3) is 0 Å². The van der Waals surface area contributed by atoms with Crippen molar-refractivity contribution in [2.24, 2.45) is 5.92 Å². The van der Waals surface area contributed by atoms with E-state index in [4.69, 9.17) is 16.7 Å². The standard InChI is InChI=1S/C16H22ClFN2O2/c1-11(14-3-2-13(18)10-15(14)17)20-8-5-12(6-9-20)4-7-19-16(21)22/h2-3,10-12,19H,4-9H2,1H3,(H,21,22). The zero-order chi connectivity index (χ0) is 16.1. The number of amides is 1. The fourth-order valence-corrected chi connectivity index (χ4v) is 3.37. The van der Waals surface area contributed by atoms with Gasteiger partial charge in [-0.3, -0.25) is 4.90 Å². The molecule has 1 aliphatic rings. The van der Waals surface area contributed by atoms with Crippen LogP contribution in [-0.4, -0.2) is 35.7 Å². The third-order valence-corrected chi connectivity index (χ3v) is 4.77. The van der Waals surface area contributed by atoms with Gasteiger partial charge in [0.2, 0.25) is 0 Å². The smallest absolute Gasteiger partial charge is 0.404 e. The number of carboxylic acid groups (broad SMARTS) is 1. The first-order valence-electron chi connectivity index (χ1n) is 7.63. The fourth-order valence-electron chi connectivity index (χ4n) is 3.05. The lowest BCUT2D eigenvalue weighted by atomic mass is 9.92. The van der Waals surface area contributed by atoms with Gasteiger partial charge in [-0.05, 0) is 62.9 Å². The molecule has 0 spiro atoms. The molecule has 122 valence electrons. The molecule has 1 unspecified atom stereocenters. The van der Waals surface area contributed by atoms with Gasteiger partial charge in [0.25, 0.3) is 0 Å². The first kappa shape index (κ1) is 17.0. The lowest BCUT2D eigenvalue weighted by molar-refractivity contribution is 0.136. The molecule has 1 aliphatic heterocycles. The molecule has 0 radical (unpaired) electrons. The number of carbonyl (C=O) groups is 1. The van der Waals surface area contributed by atoms with Crippen molar-refractivity contribution < 1.29 is 14.3 Å². The molecule has 0 saturated carbocycles. The van der Waals surface area contributed by atoms with Gasteiger partial charge < -0.3 is 10.4 Å². The van der Waals surface area contributed by atoms with Gasteiger partial charge in [0.05, 0.1) is 0 Å². The van der Waals surface area contributed by atoms with Crippen molar-refractivity contribution in [2.75, 3.05) is 19.6 Å². The number of rotatable bonds is 5. The Hall–Kier alpha value is -1.33. The van der Waals surface area contributed by atoms with Gasteiger partial charge >= 0.3 is 6.09 Å². The van der Waals surface area contributed by atoms with Crippen molar-refractivity contribution in [3.63, 3.8) is 0 Å². The summed E-state index contributed by atoms with van der Waals surface area (Å²) in [5, 5.41) is 11.5. The third-order valence-electron chi connectivity index (χ3n) is 4.44. The maximum atomic E-state index is 13.1. The molecule has 2 N–H and O–H groups in total. The van der Waals surface area contributed by atoms with Crippen molar-refractivity contribution >= 4 is 17.7 Å². The Morgan fingerprint density at radius 1 is 1.50 bits per heavy atom. The number of benzene rings is 1. The van der Waals surface area contributed by atoms with E-state index in [0.717, 1.165) is 37.9 Å². The molecule has 2 rings (SSSR count). The van der Waals surface area contributed by atoms with Crippen LogP contribution >= 0.6 is 11.6 Å². The highest BCUT2D eigenvalue weighted by Gasteiger charge is 2.24. The highest BCUT2D eigenvalue weighted by atomic mass is 35.5. The van der Waals surface area contributed by atoms with Crippen molar-refractivity contribution in [3.8, 4) is 0 Å². The van der Waals surface area contributed by atoms with Gasteiger partial charge in [-0.15, -0.1) is 0 Å². The Morgan fingerprint density at radius 2 is 2.18 bits per heavy atom. The Kier molecular flexibility index (Phi) is 6.03. The molecule has 22 heavy (non-hydrogen) atoms. The molecule has 1 heterocycles. The van der Waals surface area contributed by atoms with Crippen LogP contribution in [0.5, 0.6) is 0 Å². The average Bonchev–Trinajstić information content (AvgIpc) is 2.47. The molecular formula is C16H22ClFN2O2. The normalized spacial score (nSPS) is 18.1. The van der Waals surface area contributed by atoms with E-state index in [1.807, 2.05) is 0 Å². The summed E-state index contributed by atoms with van der Waals surface area (Å²) >= 11 is 6.14. The highest BCUT2D eigenvalue weighted by Crippen LogP contribution is 2.31. The molecule has 1 amide bonds. The van der Waals surface area contributed by atoms with Gasteiger partial charge in [0.15, 0.2) is 0 Å². The van der Waals surface area contributed by atoms with Gasteiger partial charge in [-0.2, -0.15) is 0 Å². The minimum Gasteiger partial charge on any atom is -0.465 e. The average molecular weight is 329 g/mol. The summed E-state index contributed by atoms with van der Waals surface area (Å²) < 4.78 is 13.1. The van der Waals surface area contributed by atoms with E-state index in [0.29, 0.717) is 17.5 Å². The Balaban J connectivity index is 1.84. The number of piperidine rings is 1. The van der Waals surface area contributed by atoms with E-state index in [9.17, 15) is 9.18 Å². The van der Waals surface area contributed by atoms with Gasteiger partial charge in [-0.1, -0.05) is 17.7 Å². The van der Waals surface area contributed by atoms with Crippen molar-refractivity contribution in [1.82, 2.24) is 10.2 Å². The minimum atomic E-state index is -0.961. The second-order valence-corrected chi connectivity index (χ2v) is 6.25. The molecule has 0 aliphatic carbocycles. The summed E-state index contributed by atoms with van der Waals surface area (Å²) in [6.45, 7) is 4.50. The molecular weight excluding hydrogens is 307 g/mol. The number of hydrogen-bond acceptors (Lipinski definition) is 2. The van der Waals surface area contributed by atoms with Crippen LogP contribution in [0.1, 0.15) is 37.8 Å². The Bertz CT molecular complexity index is 519. The van der Waals surface area contributed by atoms with Crippen molar-refractivity contribution in [2.45, 2.75) is 32.2 Å². The van der Waals surface area contributed by atoms with Crippen LogP contribution in [0.3, 0.4) is 0 Å². The van der Waals surface area contributed by atoms with Gasteiger partial charge in [0, 0.05) is 17.6 Å². The topological polar surface area (TPSA) is 52.6 Å². The van der Waals surface area contributed by atoms with Crippen LogP contribution in [-0.2, 0) is 0 Å². The highest BCUT2D eigenvalue weighted by molar-refractivity contribution is 6.31. The molecule has 0 bridgehead atoms. The third kappa shape index (κ3) is 4.58. The number of hydrogen-bond donors (Lipinski definition) is 2. The quantitative estimate of drug-likeness (QED) is 0.861. The molecule has 1 saturated heterocycles. The molecule has 1 fully saturated rings. The minimum absolute atomic E-state index is 0.159.